The quantitative estimate of drug-likeness (QED) is 0.301. The molecule has 0 saturated carbocycles. The lowest BCUT2D eigenvalue weighted by atomic mass is 10.1. The Hall–Kier alpha value is -3.32. The van der Waals surface area contributed by atoms with Gasteiger partial charge in [0.2, 0.25) is 11.8 Å². The number of nitrogens with one attached hydrogen (secondary N) is 1. The zero-order valence-electron chi connectivity index (χ0n) is 18.5. The van der Waals surface area contributed by atoms with Crippen LogP contribution in [0.1, 0.15) is 21.6 Å². The van der Waals surface area contributed by atoms with Crippen LogP contribution in [0.3, 0.4) is 0 Å². The van der Waals surface area contributed by atoms with Crippen LogP contribution in [-0.4, -0.2) is 34.1 Å². The lowest BCUT2D eigenvalue weighted by molar-refractivity contribution is -0.123. The molecule has 0 aliphatic rings. The minimum Gasteiger partial charge on any atom is -0.487 e. The Morgan fingerprint density at radius 1 is 1.17 bits per heavy atom. The standard InChI is InChI=1S/C23H21BrF2N4O5.ClH/c24-20-19(35-11-13-4-5-14(25)7-17(13)26)8-16(9-29-22(33)18(27)10-31)30(23(20)34)15-3-1-2-12(6-15)21(28)32;/h1-8,18,31H,9-11,27H2,(H2,28,32)(H,29,33);1H. The van der Waals surface area contributed by atoms with Crippen molar-refractivity contribution < 1.29 is 28.2 Å². The summed E-state index contributed by atoms with van der Waals surface area (Å²) in [7, 11) is 0. The van der Waals surface area contributed by atoms with Gasteiger partial charge in [-0.25, -0.2) is 8.78 Å². The largest absolute Gasteiger partial charge is 0.487 e. The Bertz CT molecular complexity index is 1340. The molecule has 3 rings (SSSR count). The Morgan fingerprint density at radius 3 is 2.53 bits per heavy atom. The van der Waals surface area contributed by atoms with Crippen molar-refractivity contribution in [1.82, 2.24) is 9.88 Å². The topological polar surface area (TPSA) is 150 Å². The van der Waals surface area contributed by atoms with Crippen molar-refractivity contribution in [2.24, 2.45) is 11.5 Å². The monoisotopic (exact) mass is 586 g/mol. The Balaban J connectivity index is 0.00000456. The molecule has 0 saturated heterocycles. The van der Waals surface area contributed by atoms with Gasteiger partial charge in [-0.05, 0) is 46.3 Å². The number of primary amides is 1. The van der Waals surface area contributed by atoms with Crippen LogP contribution in [0.25, 0.3) is 5.69 Å². The zero-order chi connectivity index (χ0) is 25.7. The number of aromatic nitrogens is 1. The van der Waals surface area contributed by atoms with Crippen LogP contribution in [0, 0.1) is 11.6 Å². The molecule has 0 bridgehead atoms. The molecule has 3 aromatic rings. The van der Waals surface area contributed by atoms with Crippen molar-refractivity contribution in [3.8, 4) is 11.4 Å². The fraction of sp³-hybridized carbons (Fsp3) is 0.174. The third-order valence-corrected chi connectivity index (χ3v) is 5.69. The molecule has 0 fully saturated rings. The predicted octanol–water partition coefficient (Wildman–Crippen LogP) is 1.91. The molecule has 0 aliphatic heterocycles. The third-order valence-electron chi connectivity index (χ3n) is 4.96. The van der Waals surface area contributed by atoms with Gasteiger partial charge in [0.25, 0.3) is 5.56 Å². The van der Waals surface area contributed by atoms with Crippen LogP contribution in [-0.2, 0) is 17.9 Å². The molecule has 9 nitrogen and oxygen atoms in total. The van der Waals surface area contributed by atoms with E-state index in [1.807, 2.05) is 0 Å². The smallest absolute Gasteiger partial charge is 0.273 e. The van der Waals surface area contributed by atoms with Gasteiger partial charge in [-0.3, -0.25) is 19.0 Å². The van der Waals surface area contributed by atoms with E-state index in [1.54, 1.807) is 6.07 Å². The second kappa shape index (κ2) is 12.6. The average molecular weight is 588 g/mol. The van der Waals surface area contributed by atoms with E-state index in [0.29, 0.717) is 6.07 Å². The van der Waals surface area contributed by atoms with E-state index in [-0.39, 0.29) is 58.3 Å². The highest BCUT2D eigenvalue weighted by Crippen LogP contribution is 2.26. The van der Waals surface area contributed by atoms with Gasteiger partial charge in [0, 0.05) is 34.6 Å². The maximum atomic E-state index is 14.0. The van der Waals surface area contributed by atoms with Crippen molar-refractivity contribution >= 4 is 40.2 Å². The Labute approximate surface area is 218 Å². The molecule has 192 valence electrons. The lowest BCUT2D eigenvalue weighted by Crippen LogP contribution is -2.43. The number of halogens is 4. The van der Waals surface area contributed by atoms with Gasteiger partial charge in [-0.15, -0.1) is 12.4 Å². The van der Waals surface area contributed by atoms with Gasteiger partial charge in [-0.1, -0.05) is 6.07 Å². The first-order valence-corrected chi connectivity index (χ1v) is 11.0. The van der Waals surface area contributed by atoms with E-state index in [0.717, 1.165) is 6.07 Å². The second-order valence-electron chi connectivity index (χ2n) is 7.40. The van der Waals surface area contributed by atoms with Crippen LogP contribution in [0.2, 0.25) is 0 Å². The van der Waals surface area contributed by atoms with E-state index in [9.17, 15) is 23.2 Å². The number of carbonyl (C=O) groups is 2. The number of pyridine rings is 1. The molecular formula is C23H22BrClF2N4O5. The van der Waals surface area contributed by atoms with Gasteiger partial charge in [0.1, 0.15) is 34.5 Å². The minimum absolute atomic E-state index is 0. The summed E-state index contributed by atoms with van der Waals surface area (Å²) in [6.45, 7) is -1.11. The lowest BCUT2D eigenvalue weighted by Gasteiger charge is -2.18. The number of amides is 2. The van der Waals surface area contributed by atoms with E-state index >= 15 is 0 Å². The molecule has 1 heterocycles. The van der Waals surface area contributed by atoms with Crippen molar-refractivity contribution in [2.75, 3.05) is 6.61 Å². The zero-order valence-corrected chi connectivity index (χ0v) is 20.9. The fourth-order valence-corrected chi connectivity index (χ4v) is 3.52. The highest BCUT2D eigenvalue weighted by molar-refractivity contribution is 9.10. The van der Waals surface area contributed by atoms with E-state index in [2.05, 4.69) is 21.2 Å². The molecule has 13 heteroatoms. The van der Waals surface area contributed by atoms with Gasteiger partial charge in [0.15, 0.2) is 0 Å². The molecule has 36 heavy (non-hydrogen) atoms. The molecular weight excluding hydrogens is 566 g/mol. The van der Waals surface area contributed by atoms with Crippen LogP contribution >= 0.6 is 28.3 Å². The van der Waals surface area contributed by atoms with Gasteiger partial charge < -0.3 is 26.6 Å². The highest BCUT2D eigenvalue weighted by atomic mass is 79.9. The fourth-order valence-electron chi connectivity index (χ4n) is 3.12. The minimum atomic E-state index is -1.18. The normalized spacial score (nSPS) is 11.4. The van der Waals surface area contributed by atoms with Crippen LogP contribution in [0.5, 0.6) is 5.75 Å². The first-order valence-electron chi connectivity index (χ1n) is 10.2. The van der Waals surface area contributed by atoms with Gasteiger partial charge >= 0.3 is 0 Å². The van der Waals surface area contributed by atoms with E-state index in [4.69, 9.17) is 21.3 Å². The number of ether oxygens (including phenoxy) is 1. The third kappa shape index (κ3) is 6.66. The summed E-state index contributed by atoms with van der Waals surface area (Å²) >= 11 is 3.18. The van der Waals surface area contributed by atoms with Crippen LogP contribution < -0.4 is 27.1 Å². The molecule has 1 atom stereocenters. The van der Waals surface area contributed by atoms with E-state index in [1.165, 1.54) is 34.9 Å². The Kier molecular flexibility index (Phi) is 10.1. The maximum absolute atomic E-state index is 14.0. The summed E-state index contributed by atoms with van der Waals surface area (Å²) in [5.74, 6) is -2.91. The molecule has 0 spiro atoms. The van der Waals surface area contributed by atoms with Gasteiger partial charge in [0.05, 0.1) is 13.2 Å². The first-order chi connectivity index (χ1) is 16.6. The number of benzene rings is 2. The van der Waals surface area contributed by atoms with Gasteiger partial charge in [-0.2, -0.15) is 0 Å². The average Bonchev–Trinajstić information content (AvgIpc) is 2.84. The molecule has 2 aromatic carbocycles. The molecule has 6 N–H and O–H groups in total. The predicted molar refractivity (Wildman–Crippen MR) is 133 cm³/mol. The molecule has 1 unspecified atom stereocenters. The number of aliphatic hydroxyl groups is 1. The van der Waals surface area contributed by atoms with Crippen molar-refractivity contribution in [2.45, 2.75) is 19.2 Å². The number of hydrogen-bond donors (Lipinski definition) is 4. The molecule has 1 aromatic heterocycles. The number of carbonyl (C=O) groups excluding carboxylic acids is 2. The summed E-state index contributed by atoms with van der Waals surface area (Å²) in [5, 5.41) is 11.6. The van der Waals surface area contributed by atoms with Crippen molar-refractivity contribution in [1.29, 1.82) is 0 Å². The van der Waals surface area contributed by atoms with Crippen molar-refractivity contribution in [3.63, 3.8) is 0 Å². The van der Waals surface area contributed by atoms with E-state index < -0.39 is 41.7 Å². The molecule has 2 amide bonds. The summed E-state index contributed by atoms with van der Waals surface area (Å²) in [4.78, 5) is 37.0. The van der Waals surface area contributed by atoms with Crippen LogP contribution in [0.4, 0.5) is 8.78 Å². The Morgan fingerprint density at radius 2 is 1.89 bits per heavy atom. The number of nitrogens with two attached hydrogens (primary N) is 2. The second-order valence-corrected chi connectivity index (χ2v) is 8.19. The SMILES string of the molecule is Cl.NC(=O)c1cccc(-n2c(CNC(=O)C(N)CO)cc(OCc3ccc(F)cc3F)c(Br)c2=O)c1. The van der Waals surface area contributed by atoms with Crippen molar-refractivity contribution in [3.05, 3.63) is 91.8 Å². The summed E-state index contributed by atoms with van der Waals surface area (Å²) in [6, 6.07) is 9.20. The number of rotatable bonds is 9. The van der Waals surface area contributed by atoms with Crippen LogP contribution in [0.15, 0.2) is 57.8 Å². The summed E-state index contributed by atoms with van der Waals surface area (Å²) in [5.41, 5.74) is 11.0. The highest BCUT2D eigenvalue weighted by Gasteiger charge is 2.19. The molecule has 0 aliphatic carbocycles. The number of aliphatic hydroxyl groups excluding tert-OH is 1. The summed E-state index contributed by atoms with van der Waals surface area (Å²) < 4.78 is 34.0. The molecule has 0 radical (unpaired) electrons. The number of hydrogen-bond acceptors (Lipinski definition) is 6. The maximum Gasteiger partial charge on any atom is 0.273 e. The first kappa shape index (κ1) is 28.9. The summed E-state index contributed by atoms with van der Waals surface area (Å²) in [6.07, 6.45) is 0. The number of nitrogens with zero attached hydrogens (tertiary/aromatic N) is 1.